The number of aromatic amines is 1. The molecule has 0 saturated carbocycles. The van der Waals surface area contributed by atoms with Gasteiger partial charge in [-0.15, -0.1) is 0 Å². The molecule has 2 aromatic carbocycles. The number of hydrogen-bond acceptors (Lipinski definition) is 3. The summed E-state index contributed by atoms with van der Waals surface area (Å²) in [6.07, 6.45) is 3.11. The van der Waals surface area contributed by atoms with Crippen LogP contribution in [0.15, 0.2) is 48.5 Å². The zero-order chi connectivity index (χ0) is 17.8. The van der Waals surface area contributed by atoms with Crippen molar-refractivity contribution in [1.29, 1.82) is 0 Å². The van der Waals surface area contributed by atoms with Crippen LogP contribution in [0, 0.1) is 0 Å². The van der Waals surface area contributed by atoms with Crippen LogP contribution in [-0.2, 0) is 11.2 Å². The molecule has 2 N–H and O–H groups in total. The number of ether oxygens (including phenoxy) is 1. The Labute approximate surface area is 152 Å². The molecular formula is C21H23N3O2. The third kappa shape index (κ3) is 3.72. The third-order valence-electron chi connectivity index (χ3n) is 4.87. The summed E-state index contributed by atoms with van der Waals surface area (Å²) >= 11 is 0. The molecule has 1 atom stereocenters. The Morgan fingerprint density at radius 1 is 1.19 bits per heavy atom. The molecule has 4 rings (SSSR count). The van der Waals surface area contributed by atoms with Gasteiger partial charge in [0.1, 0.15) is 11.6 Å². The standard InChI is InChI=1S/C21H23N3O2/c25-21(14-15-11-13-26-19-9-4-1-6-16(15)19)22-12-5-10-20-23-17-7-2-3-8-18(17)24-20/h1-4,6-9,15H,5,10-14H2,(H,22,25)(H,23,24). The van der Waals surface area contributed by atoms with Crippen molar-refractivity contribution in [3.05, 3.63) is 59.9 Å². The maximum Gasteiger partial charge on any atom is 0.220 e. The monoisotopic (exact) mass is 349 g/mol. The number of carbonyl (C=O) groups is 1. The van der Waals surface area contributed by atoms with Gasteiger partial charge in [0.2, 0.25) is 5.91 Å². The molecule has 5 heteroatoms. The van der Waals surface area contributed by atoms with Crippen LogP contribution in [0.4, 0.5) is 0 Å². The lowest BCUT2D eigenvalue weighted by Crippen LogP contribution is -2.28. The van der Waals surface area contributed by atoms with Crippen molar-refractivity contribution in [2.45, 2.75) is 31.6 Å². The second kappa shape index (κ2) is 7.60. The molecule has 1 aromatic heterocycles. The number of H-pyrrole nitrogens is 1. The number of imidazole rings is 1. The van der Waals surface area contributed by atoms with Crippen molar-refractivity contribution < 1.29 is 9.53 Å². The van der Waals surface area contributed by atoms with Crippen molar-refractivity contribution in [2.24, 2.45) is 0 Å². The lowest BCUT2D eigenvalue weighted by Gasteiger charge is -2.25. The van der Waals surface area contributed by atoms with Gasteiger partial charge in [0.05, 0.1) is 17.6 Å². The molecule has 0 aliphatic carbocycles. The van der Waals surface area contributed by atoms with E-state index in [1.54, 1.807) is 0 Å². The van der Waals surface area contributed by atoms with E-state index in [0.717, 1.165) is 47.4 Å². The summed E-state index contributed by atoms with van der Waals surface area (Å²) < 4.78 is 5.67. The Morgan fingerprint density at radius 3 is 2.96 bits per heavy atom. The first-order chi connectivity index (χ1) is 12.8. The highest BCUT2D eigenvalue weighted by Gasteiger charge is 2.23. The number of nitrogens with one attached hydrogen (secondary N) is 2. The first-order valence-electron chi connectivity index (χ1n) is 9.21. The van der Waals surface area contributed by atoms with Gasteiger partial charge in [-0.05, 0) is 42.5 Å². The summed E-state index contributed by atoms with van der Waals surface area (Å²) in [6, 6.07) is 16.0. The van der Waals surface area contributed by atoms with Crippen LogP contribution in [0.5, 0.6) is 5.75 Å². The molecule has 26 heavy (non-hydrogen) atoms. The van der Waals surface area contributed by atoms with E-state index in [-0.39, 0.29) is 11.8 Å². The van der Waals surface area contributed by atoms with E-state index in [1.807, 2.05) is 42.5 Å². The number of benzene rings is 2. The minimum absolute atomic E-state index is 0.108. The Morgan fingerprint density at radius 2 is 2.04 bits per heavy atom. The Hall–Kier alpha value is -2.82. The van der Waals surface area contributed by atoms with E-state index in [0.29, 0.717) is 19.6 Å². The number of nitrogens with zero attached hydrogens (tertiary/aromatic N) is 1. The molecule has 0 spiro atoms. The zero-order valence-corrected chi connectivity index (χ0v) is 14.7. The topological polar surface area (TPSA) is 67.0 Å². The largest absolute Gasteiger partial charge is 0.493 e. The van der Waals surface area contributed by atoms with Crippen molar-refractivity contribution in [3.8, 4) is 5.75 Å². The quantitative estimate of drug-likeness (QED) is 0.669. The second-order valence-electron chi connectivity index (χ2n) is 6.73. The van der Waals surface area contributed by atoms with Crippen molar-refractivity contribution in [2.75, 3.05) is 13.2 Å². The van der Waals surface area contributed by atoms with E-state index in [9.17, 15) is 4.79 Å². The Bertz CT molecular complexity index is 870. The molecule has 1 unspecified atom stereocenters. The maximum absolute atomic E-state index is 12.3. The molecule has 2 heterocycles. The minimum atomic E-state index is 0.108. The third-order valence-corrected chi connectivity index (χ3v) is 4.87. The van der Waals surface area contributed by atoms with Gasteiger partial charge in [0.15, 0.2) is 0 Å². The second-order valence-corrected chi connectivity index (χ2v) is 6.73. The Balaban J connectivity index is 1.24. The molecule has 0 saturated heterocycles. The maximum atomic E-state index is 12.3. The summed E-state index contributed by atoms with van der Waals surface area (Å²) in [7, 11) is 0. The predicted octanol–water partition coefficient (Wildman–Crippen LogP) is 3.57. The van der Waals surface area contributed by atoms with Crippen LogP contribution in [-0.4, -0.2) is 29.0 Å². The fourth-order valence-corrected chi connectivity index (χ4v) is 3.53. The number of carbonyl (C=O) groups excluding carboxylic acids is 1. The lowest BCUT2D eigenvalue weighted by atomic mass is 9.90. The van der Waals surface area contributed by atoms with Crippen molar-refractivity contribution >= 4 is 16.9 Å². The number of amides is 1. The van der Waals surface area contributed by atoms with Crippen LogP contribution in [0.3, 0.4) is 0 Å². The predicted molar refractivity (Wildman–Crippen MR) is 101 cm³/mol. The number of para-hydroxylation sites is 3. The fraction of sp³-hybridized carbons (Fsp3) is 0.333. The van der Waals surface area contributed by atoms with Gasteiger partial charge < -0.3 is 15.0 Å². The van der Waals surface area contributed by atoms with E-state index >= 15 is 0 Å². The first-order valence-corrected chi connectivity index (χ1v) is 9.21. The molecule has 1 amide bonds. The smallest absolute Gasteiger partial charge is 0.220 e. The van der Waals surface area contributed by atoms with Gasteiger partial charge in [-0.2, -0.15) is 0 Å². The minimum Gasteiger partial charge on any atom is -0.493 e. The summed E-state index contributed by atoms with van der Waals surface area (Å²) in [4.78, 5) is 20.2. The fourth-order valence-electron chi connectivity index (χ4n) is 3.53. The number of hydrogen-bond donors (Lipinski definition) is 2. The summed E-state index contributed by atoms with van der Waals surface area (Å²) in [5.74, 6) is 2.24. The summed E-state index contributed by atoms with van der Waals surface area (Å²) in [5.41, 5.74) is 3.20. The molecule has 0 radical (unpaired) electrons. The molecule has 0 fully saturated rings. The van der Waals surface area contributed by atoms with Crippen LogP contribution in [0.2, 0.25) is 0 Å². The molecular weight excluding hydrogens is 326 g/mol. The molecule has 3 aromatic rings. The highest BCUT2D eigenvalue weighted by Crippen LogP contribution is 2.35. The molecule has 1 aliphatic rings. The number of fused-ring (bicyclic) bond motifs is 2. The zero-order valence-electron chi connectivity index (χ0n) is 14.7. The first kappa shape index (κ1) is 16.6. The van der Waals surface area contributed by atoms with Crippen LogP contribution < -0.4 is 10.1 Å². The van der Waals surface area contributed by atoms with Crippen LogP contribution in [0.25, 0.3) is 11.0 Å². The van der Waals surface area contributed by atoms with Crippen LogP contribution >= 0.6 is 0 Å². The van der Waals surface area contributed by atoms with E-state index < -0.39 is 0 Å². The van der Waals surface area contributed by atoms with Gasteiger partial charge in [-0.1, -0.05) is 30.3 Å². The molecule has 5 nitrogen and oxygen atoms in total. The van der Waals surface area contributed by atoms with Crippen molar-refractivity contribution in [1.82, 2.24) is 15.3 Å². The number of aryl methyl sites for hydroxylation is 1. The lowest BCUT2D eigenvalue weighted by molar-refractivity contribution is -0.121. The van der Waals surface area contributed by atoms with Crippen LogP contribution in [0.1, 0.15) is 36.6 Å². The van der Waals surface area contributed by atoms with E-state index in [1.165, 1.54) is 0 Å². The summed E-state index contributed by atoms with van der Waals surface area (Å²) in [6.45, 7) is 1.35. The van der Waals surface area contributed by atoms with E-state index in [2.05, 4.69) is 21.4 Å². The SMILES string of the molecule is O=C(CC1CCOc2ccccc21)NCCCc1nc2ccccc2[nH]1. The average Bonchev–Trinajstić information content (AvgIpc) is 3.08. The van der Waals surface area contributed by atoms with Gasteiger partial charge in [-0.25, -0.2) is 4.98 Å². The molecule has 1 aliphatic heterocycles. The van der Waals surface area contributed by atoms with Gasteiger partial charge in [-0.3, -0.25) is 4.79 Å². The van der Waals surface area contributed by atoms with Gasteiger partial charge in [0.25, 0.3) is 0 Å². The number of aromatic nitrogens is 2. The van der Waals surface area contributed by atoms with Crippen molar-refractivity contribution in [3.63, 3.8) is 0 Å². The van der Waals surface area contributed by atoms with E-state index in [4.69, 9.17) is 4.74 Å². The Kier molecular flexibility index (Phi) is 4.86. The number of rotatable bonds is 6. The average molecular weight is 349 g/mol. The molecule has 0 bridgehead atoms. The summed E-state index contributed by atoms with van der Waals surface area (Å²) in [5, 5.41) is 3.04. The highest BCUT2D eigenvalue weighted by atomic mass is 16.5. The highest BCUT2D eigenvalue weighted by molar-refractivity contribution is 5.77. The van der Waals surface area contributed by atoms with Gasteiger partial charge in [0, 0.05) is 19.4 Å². The van der Waals surface area contributed by atoms with Gasteiger partial charge >= 0.3 is 0 Å². The normalized spacial score (nSPS) is 16.1. The molecule has 134 valence electrons.